The molecule has 0 atom stereocenters. The number of aldehydes is 1. The maximum absolute atomic E-state index is 13.1. The SMILES string of the molecule is COc1ccc(Oc2cc(C(F)(F)F)cc(C(F)(F)F)c2C=O)c(OC)c1. The number of methoxy groups -OCH3 is 2. The van der Waals surface area contributed by atoms with Gasteiger partial charge in [0, 0.05) is 6.07 Å². The number of ether oxygens (including phenoxy) is 3. The smallest absolute Gasteiger partial charge is 0.417 e. The van der Waals surface area contributed by atoms with E-state index in [1.165, 1.54) is 32.4 Å². The molecule has 0 aliphatic rings. The molecule has 0 N–H and O–H groups in total. The van der Waals surface area contributed by atoms with Crippen LogP contribution in [0.1, 0.15) is 21.5 Å². The van der Waals surface area contributed by atoms with Crippen molar-refractivity contribution < 1.29 is 45.3 Å². The second-order valence-electron chi connectivity index (χ2n) is 5.17. The van der Waals surface area contributed by atoms with E-state index in [2.05, 4.69) is 0 Å². The van der Waals surface area contributed by atoms with Crippen molar-refractivity contribution in [1.82, 2.24) is 0 Å². The van der Waals surface area contributed by atoms with Gasteiger partial charge in [-0.25, -0.2) is 0 Å². The molecule has 146 valence electrons. The van der Waals surface area contributed by atoms with Gasteiger partial charge in [-0.05, 0) is 24.3 Å². The predicted molar refractivity (Wildman–Crippen MR) is 81.5 cm³/mol. The summed E-state index contributed by atoms with van der Waals surface area (Å²) in [4.78, 5) is 11.2. The van der Waals surface area contributed by atoms with Gasteiger partial charge in [-0.2, -0.15) is 26.3 Å². The monoisotopic (exact) mass is 394 g/mol. The van der Waals surface area contributed by atoms with Crippen LogP contribution in [0.5, 0.6) is 23.0 Å². The van der Waals surface area contributed by atoms with E-state index in [0.717, 1.165) is 0 Å². The molecule has 0 aromatic heterocycles. The topological polar surface area (TPSA) is 44.8 Å². The molecule has 0 saturated heterocycles. The zero-order valence-electron chi connectivity index (χ0n) is 13.9. The highest BCUT2D eigenvalue weighted by Crippen LogP contribution is 2.43. The Morgan fingerprint density at radius 2 is 1.48 bits per heavy atom. The fourth-order valence-electron chi connectivity index (χ4n) is 2.21. The Kier molecular flexibility index (Phi) is 5.57. The fourth-order valence-corrected chi connectivity index (χ4v) is 2.21. The van der Waals surface area contributed by atoms with Crippen molar-refractivity contribution in [2.24, 2.45) is 0 Å². The van der Waals surface area contributed by atoms with Crippen LogP contribution in [0.3, 0.4) is 0 Å². The summed E-state index contributed by atoms with van der Waals surface area (Å²) in [6, 6.07) is 4.08. The van der Waals surface area contributed by atoms with Crippen LogP contribution in [-0.2, 0) is 12.4 Å². The zero-order valence-corrected chi connectivity index (χ0v) is 13.9. The summed E-state index contributed by atoms with van der Waals surface area (Å²) in [6.07, 6.45) is -10.5. The Labute approximate surface area is 149 Å². The molecule has 2 aromatic rings. The van der Waals surface area contributed by atoms with Crippen LogP contribution in [0, 0.1) is 0 Å². The van der Waals surface area contributed by atoms with Crippen LogP contribution < -0.4 is 14.2 Å². The van der Waals surface area contributed by atoms with Crippen LogP contribution >= 0.6 is 0 Å². The molecule has 0 heterocycles. The lowest BCUT2D eigenvalue weighted by molar-refractivity contribution is -0.143. The first kappa shape index (κ1) is 20.4. The van der Waals surface area contributed by atoms with Crippen molar-refractivity contribution in [2.45, 2.75) is 12.4 Å². The minimum atomic E-state index is -5.19. The second kappa shape index (κ2) is 7.37. The first-order valence-electron chi connectivity index (χ1n) is 7.18. The van der Waals surface area contributed by atoms with E-state index >= 15 is 0 Å². The van der Waals surface area contributed by atoms with Gasteiger partial charge in [0.15, 0.2) is 17.8 Å². The first-order valence-corrected chi connectivity index (χ1v) is 7.18. The average molecular weight is 394 g/mol. The van der Waals surface area contributed by atoms with Crippen LogP contribution in [0.2, 0.25) is 0 Å². The van der Waals surface area contributed by atoms with Crippen molar-refractivity contribution in [3.63, 3.8) is 0 Å². The number of hydrogen-bond donors (Lipinski definition) is 0. The molecular weight excluding hydrogens is 382 g/mol. The van der Waals surface area contributed by atoms with Crippen LogP contribution in [0.15, 0.2) is 30.3 Å². The Morgan fingerprint density at radius 3 is 1.96 bits per heavy atom. The second-order valence-corrected chi connectivity index (χ2v) is 5.17. The van der Waals surface area contributed by atoms with E-state index < -0.39 is 34.8 Å². The third-order valence-corrected chi connectivity index (χ3v) is 3.48. The zero-order chi connectivity index (χ0) is 20.4. The van der Waals surface area contributed by atoms with Gasteiger partial charge in [-0.3, -0.25) is 4.79 Å². The number of alkyl halides is 6. The summed E-state index contributed by atoms with van der Waals surface area (Å²) < 4.78 is 93.6. The van der Waals surface area contributed by atoms with Gasteiger partial charge in [0.1, 0.15) is 11.5 Å². The lowest BCUT2D eigenvalue weighted by Gasteiger charge is -2.18. The van der Waals surface area contributed by atoms with Gasteiger partial charge in [0.2, 0.25) is 0 Å². The molecule has 10 heteroatoms. The molecule has 0 amide bonds. The molecule has 0 aliphatic heterocycles. The third kappa shape index (κ3) is 4.44. The summed E-state index contributed by atoms with van der Waals surface area (Å²) in [5.41, 5.74) is -4.42. The highest BCUT2D eigenvalue weighted by Gasteiger charge is 2.40. The third-order valence-electron chi connectivity index (χ3n) is 3.48. The number of rotatable bonds is 5. The van der Waals surface area contributed by atoms with Crippen molar-refractivity contribution in [2.75, 3.05) is 14.2 Å². The van der Waals surface area contributed by atoms with Gasteiger partial charge in [0.05, 0.1) is 30.9 Å². The largest absolute Gasteiger partial charge is 0.497 e. The Bertz CT molecular complexity index is 843. The normalized spacial score (nSPS) is 11.9. The summed E-state index contributed by atoms with van der Waals surface area (Å²) >= 11 is 0. The van der Waals surface area contributed by atoms with Crippen molar-refractivity contribution in [1.29, 1.82) is 0 Å². The minimum Gasteiger partial charge on any atom is -0.497 e. The van der Waals surface area contributed by atoms with E-state index in [1.807, 2.05) is 0 Å². The highest BCUT2D eigenvalue weighted by atomic mass is 19.4. The molecule has 0 spiro atoms. The van der Waals surface area contributed by atoms with E-state index in [1.54, 1.807) is 0 Å². The Hall–Kier alpha value is -2.91. The van der Waals surface area contributed by atoms with Crippen molar-refractivity contribution in [3.8, 4) is 23.0 Å². The lowest BCUT2D eigenvalue weighted by Crippen LogP contribution is -2.14. The van der Waals surface area contributed by atoms with Crippen LogP contribution in [-0.4, -0.2) is 20.5 Å². The maximum Gasteiger partial charge on any atom is 0.417 e. The van der Waals surface area contributed by atoms with Crippen LogP contribution in [0.4, 0.5) is 26.3 Å². The number of carbonyl (C=O) groups is 1. The molecule has 2 rings (SSSR count). The maximum atomic E-state index is 13.1. The van der Waals surface area contributed by atoms with Crippen LogP contribution in [0.25, 0.3) is 0 Å². The predicted octanol–water partition coefficient (Wildman–Crippen LogP) is 5.35. The quantitative estimate of drug-likeness (QED) is 0.507. The molecule has 2 aromatic carbocycles. The summed E-state index contributed by atoms with van der Waals surface area (Å²) in [7, 11) is 2.57. The summed E-state index contributed by atoms with van der Waals surface area (Å²) in [6.45, 7) is 0. The highest BCUT2D eigenvalue weighted by molar-refractivity contribution is 5.83. The summed E-state index contributed by atoms with van der Waals surface area (Å²) in [5, 5.41) is 0. The standard InChI is InChI=1S/C17H12F6O4/c1-25-10-3-4-13(15(7-10)26-2)27-14-6-9(16(18,19)20)5-12(11(14)8-24)17(21,22)23/h3-8H,1-2H3. The molecule has 0 saturated carbocycles. The lowest BCUT2D eigenvalue weighted by atomic mass is 10.0. The van der Waals surface area contributed by atoms with Gasteiger partial charge < -0.3 is 14.2 Å². The van der Waals surface area contributed by atoms with Gasteiger partial charge in [-0.1, -0.05) is 0 Å². The first-order chi connectivity index (χ1) is 12.5. The average Bonchev–Trinajstić information content (AvgIpc) is 2.59. The Balaban J connectivity index is 2.67. The molecule has 0 unspecified atom stereocenters. The van der Waals surface area contributed by atoms with Gasteiger partial charge in [-0.15, -0.1) is 0 Å². The van der Waals surface area contributed by atoms with Crippen molar-refractivity contribution >= 4 is 6.29 Å². The van der Waals surface area contributed by atoms with E-state index in [-0.39, 0.29) is 23.9 Å². The van der Waals surface area contributed by atoms with E-state index in [4.69, 9.17) is 14.2 Å². The molecule has 27 heavy (non-hydrogen) atoms. The molecule has 4 nitrogen and oxygen atoms in total. The Morgan fingerprint density at radius 1 is 0.815 bits per heavy atom. The number of carbonyl (C=O) groups excluding carboxylic acids is 1. The number of hydrogen-bond acceptors (Lipinski definition) is 4. The molecule has 0 bridgehead atoms. The van der Waals surface area contributed by atoms with Gasteiger partial charge >= 0.3 is 12.4 Å². The number of halogens is 6. The van der Waals surface area contributed by atoms with Gasteiger partial charge in [0.25, 0.3) is 0 Å². The van der Waals surface area contributed by atoms with Crippen molar-refractivity contribution in [3.05, 3.63) is 47.0 Å². The molecule has 0 fully saturated rings. The summed E-state index contributed by atoms with van der Waals surface area (Å²) in [5.74, 6) is -0.809. The fraction of sp³-hybridized carbons (Fsp3) is 0.235. The number of benzene rings is 2. The molecular formula is C17H12F6O4. The van der Waals surface area contributed by atoms with E-state index in [0.29, 0.717) is 11.8 Å². The molecule has 0 aliphatic carbocycles. The molecule has 0 radical (unpaired) electrons. The minimum absolute atomic E-state index is 0.0165. The van der Waals surface area contributed by atoms with E-state index in [9.17, 15) is 31.1 Å².